The van der Waals surface area contributed by atoms with Gasteiger partial charge >= 0.3 is 6.09 Å². The molecule has 2 N–H and O–H groups in total. The molecule has 0 aliphatic heterocycles. The van der Waals surface area contributed by atoms with Gasteiger partial charge in [-0.3, -0.25) is 4.79 Å². The number of carbonyl (C=O) groups excluding carboxylic acids is 2. The van der Waals surface area contributed by atoms with E-state index >= 15 is 0 Å². The summed E-state index contributed by atoms with van der Waals surface area (Å²) in [4.78, 5) is 32.0. The van der Waals surface area contributed by atoms with Crippen molar-refractivity contribution >= 4 is 49.7 Å². The zero-order valence-corrected chi connectivity index (χ0v) is 15.7. The Morgan fingerprint density at radius 3 is 2.64 bits per heavy atom. The van der Waals surface area contributed by atoms with Crippen molar-refractivity contribution in [2.75, 3.05) is 11.9 Å². The molecule has 0 spiro atoms. The van der Waals surface area contributed by atoms with Crippen LogP contribution in [0.25, 0.3) is 0 Å². The minimum atomic E-state index is -1.16. The summed E-state index contributed by atoms with van der Waals surface area (Å²) >= 11 is 6.38. The molecule has 7 nitrogen and oxygen atoms in total. The maximum absolute atomic E-state index is 12.3. The number of hydrogen-bond donors (Lipinski definition) is 2. The minimum Gasteiger partial charge on any atom is -0.450 e. The van der Waals surface area contributed by atoms with Crippen molar-refractivity contribution in [1.82, 2.24) is 15.3 Å². The molecule has 2 amide bonds. The largest absolute Gasteiger partial charge is 0.450 e. The molecule has 22 heavy (non-hydrogen) atoms. The van der Waals surface area contributed by atoms with E-state index in [4.69, 9.17) is 4.74 Å². The molecule has 0 atom stereocenters. The zero-order chi connectivity index (χ0) is 16.8. The van der Waals surface area contributed by atoms with Gasteiger partial charge in [0.1, 0.15) is 14.7 Å². The van der Waals surface area contributed by atoms with E-state index < -0.39 is 17.5 Å². The van der Waals surface area contributed by atoms with Gasteiger partial charge in [0, 0.05) is 0 Å². The minimum absolute atomic E-state index is 0.266. The van der Waals surface area contributed by atoms with E-state index in [-0.39, 0.29) is 5.82 Å². The number of nitrogens with zero attached hydrogens (tertiary/aromatic N) is 2. The number of ether oxygens (including phenoxy) is 1. The molecule has 1 rings (SSSR count). The summed E-state index contributed by atoms with van der Waals surface area (Å²) in [5.41, 5.74) is -1.16. The molecule has 1 aromatic rings. The van der Waals surface area contributed by atoms with E-state index in [1.807, 2.05) is 6.92 Å². The Hall–Kier alpha value is -1.22. The zero-order valence-electron chi connectivity index (χ0n) is 12.6. The molecule has 9 heteroatoms. The summed E-state index contributed by atoms with van der Waals surface area (Å²) in [5.74, 6) is -0.167. The summed E-state index contributed by atoms with van der Waals surface area (Å²) in [6.45, 7) is 5.47. The summed E-state index contributed by atoms with van der Waals surface area (Å²) in [6, 6.07) is 0. The molecule has 0 saturated heterocycles. The Kier molecular flexibility index (Phi) is 7.21. The third-order valence-corrected chi connectivity index (χ3v) is 3.58. The maximum Gasteiger partial charge on any atom is 0.407 e. The second kappa shape index (κ2) is 8.42. The summed E-state index contributed by atoms with van der Waals surface area (Å²) in [7, 11) is 0. The van der Waals surface area contributed by atoms with Gasteiger partial charge in [-0.15, -0.1) is 0 Å². The van der Waals surface area contributed by atoms with E-state index in [1.165, 1.54) is 6.20 Å². The number of hydrogen-bond acceptors (Lipinski definition) is 5. The molecule has 0 unspecified atom stereocenters. The molecular weight excluding hydrogens is 420 g/mol. The molecular formula is C13H18Br2N4O3. The molecule has 0 aliphatic carbocycles. The van der Waals surface area contributed by atoms with Gasteiger partial charge < -0.3 is 15.4 Å². The number of unbranched alkanes of at least 4 members (excludes halogenated alkanes) is 1. The van der Waals surface area contributed by atoms with E-state index in [1.54, 1.807) is 13.8 Å². The molecule has 0 aliphatic rings. The topological polar surface area (TPSA) is 93.2 Å². The van der Waals surface area contributed by atoms with Crippen LogP contribution in [0.1, 0.15) is 33.6 Å². The molecule has 1 aromatic heterocycles. The molecule has 0 saturated carbocycles. The number of anilines is 1. The van der Waals surface area contributed by atoms with Gasteiger partial charge in [0.2, 0.25) is 0 Å². The van der Waals surface area contributed by atoms with Crippen LogP contribution in [0.15, 0.2) is 15.4 Å². The standard InChI is InChI=1S/C13H18Br2N4O3/c1-4-5-6-22-12(21)19-13(2,3)11(20)18-10-9(15)17-8(14)7-16-10/h7H,4-6H2,1-3H3,(H,19,21)(H,16,18,20). The number of halogens is 2. The fourth-order valence-corrected chi connectivity index (χ4v) is 2.26. The Morgan fingerprint density at radius 1 is 1.36 bits per heavy atom. The molecule has 0 fully saturated rings. The van der Waals surface area contributed by atoms with Crippen LogP contribution in [-0.2, 0) is 9.53 Å². The van der Waals surface area contributed by atoms with Gasteiger partial charge in [0.25, 0.3) is 5.91 Å². The molecule has 0 aromatic carbocycles. The lowest BCUT2D eigenvalue weighted by Crippen LogP contribution is -2.52. The molecule has 0 bridgehead atoms. The molecule has 0 radical (unpaired) electrons. The number of aromatic nitrogens is 2. The first-order chi connectivity index (χ1) is 10.3. The fraction of sp³-hybridized carbons (Fsp3) is 0.538. The van der Waals surface area contributed by atoms with Crippen LogP contribution >= 0.6 is 31.9 Å². The average Bonchev–Trinajstić information content (AvgIpc) is 2.41. The van der Waals surface area contributed by atoms with Crippen molar-refractivity contribution in [2.45, 2.75) is 39.2 Å². The lowest BCUT2D eigenvalue weighted by molar-refractivity contribution is -0.121. The van der Waals surface area contributed by atoms with Gasteiger partial charge in [-0.05, 0) is 52.1 Å². The predicted molar refractivity (Wildman–Crippen MR) is 89.5 cm³/mol. The second-order valence-corrected chi connectivity index (χ2v) is 6.59. The van der Waals surface area contributed by atoms with Gasteiger partial charge in [-0.2, -0.15) is 0 Å². The highest BCUT2D eigenvalue weighted by molar-refractivity contribution is 9.11. The van der Waals surface area contributed by atoms with E-state index in [2.05, 4.69) is 52.5 Å². The first-order valence-corrected chi connectivity index (χ1v) is 8.29. The van der Waals surface area contributed by atoms with Crippen LogP contribution in [0.3, 0.4) is 0 Å². The van der Waals surface area contributed by atoms with Gasteiger partial charge in [-0.1, -0.05) is 13.3 Å². The van der Waals surface area contributed by atoms with Crippen molar-refractivity contribution in [3.05, 3.63) is 15.4 Å². The fourth-order valence-electron chi connectivity index (χ4n) is 1.35. The van der Waals surface area contributed by atoms with Crippen LogP contribution < -0.4 is 10.6 Å². The number of amides is 2. The second-order valence-electron chi connectivity index (χ2n) is 5.03. The first-order valence-electron chi connectivity index (χ1n) is 6.70. The number of nitrogens with one attached hydrogen (secondary N) is 2. The Bertz CT molecular complexity index is 552. The van der Waals surface area contributed by atoms with Crippen LogP contribution in [-0.4, -0.2) is 34.1 Å². The summed E-state index contributed by atoms with van der Waals surface area (Å²) < 4.78 is 5.91. The normalized spacial score (nSPS) is 11.0. The lowest BCUT2D eigenvalue weighted by Gasteiger charge is -2.24. The Morgan fingerprint density at radius 2 is 2.05 bits per heavy atom. The smallest absolute Gasteiger partial charge is 0.407 e. The SMILES string of the molecule is CCCCOC(=O)NC(C)(C)C(=O)Nc1ncc(Br)nc1Br. The number of alkyl carbamates (subject to hydrolysis) is 1. The number of carbonyl (C=O) groups is 2. The third kappa shape index (κ3) is 5.88. The van der Waals surface area contributed by atoms with Crippen LogP contribution in [0.2, 0.25) is 0 Å². The van der Waals surface area contributed by atoms with Crippen LogP contribution in [0.4, 0.5) is 10.6 Å². The van der Waals surface area contributed by atoms with Crippen molar-refractivity contribution in [2.24, 2.45) is 0 Å². The van der Waals surface area contributed by atoms with Crippen molar-refractivity contribution < 1.29 is 14.3 Å². The summed E-state index contributed by atoms with van der Waals surface area (Å²) in [6.07, 6.45) is 2.53. The van der Waals surface area contributed by atoms with Crippen molar-refractivity contribution in [3.63, 3.8) is 0 Å². The Labute approximate surface area is 145 Å². The average molecular weight is 438 g/mol. The lowest BCUT2D eigenvalue weighted by atomic mass is 10.1. The third-order valence-electron chi connectivity index (χ3n) is 2.65. The van der Waals surface area contributed by atoms with E-state index in [0.29, 0.717) is 15.8 Å². The Balaban J connectivity index is 2.63. The number of rotatable bonds is 6. The maximum atomic E-state index is 12.3. The van der Waals surface area contributed by atoms with Crippen LogP contribution in [0, 0.1) is 0 Å². The van der Waals surface area contributed by atoms with Crippen molar-refractivity contribution in [1.29, 1.82) is 0 Å². The van der Waals surface area contributed by atoms with Crippen molar-refractivity contribution in [3.8, 4) is 0 Å². The van der Waals surface area contributed by atoms with E-state index in [9.17, 15) is 9.59 Å². The predicted octanol–water partition coefficient (Wildman–Crippen LogP) is 3.25. The van der Waals surface area contributed by atoms with Crippen LogP contribution in [0.5, 0.6) is 0 Å². The highest BCUT2D eigenvalue weighted by atomic mass is 79.9. The summed E-state index contributed by atoms with van der Waals surface area (Å²) in [5, 5.41) is 5.12. The monoisotopic (exact) mass is 436 g/mol. The van der Waals surface area contributed by atoms with Gasteiger partial charge in [-0.25, -0.2) is 14.8 Å². The highest BCUT2D eigenvalue weighted by Gasteiger charge is 2.31. The quantitative estimate of drug-likeness (QED) is 0.666. The molecule has 122 valence electrons. The van der Waals surface area contributed by atoms with E-state index in [0.717, 1.165) is 12.8 Å². The highest BCUT2D eigenvalue weighted by Crippen LogP contribution is 2.20. The molecule has 1 heterocycles. The van der Waals surface area contributed by atoms with Gasteiger partial charge in [0.15, 0.2) is 5.82 Å². The first kappa shape index (κ1) is 18.8. The van der Waals surface area contributed by atoms with Gasteiger partial charge in [0.05, 0.1) is 12.8 Å².